The quantitative estimate of drug-likeness (QED) is 0.621. The number of halogens is 3. The van der Waals surface area contributed by atoms with Crippen molar-refractivity contribution in [2.75, 3.05) is 13.1 Å². The van der Waals surface area contributed by atoms with E-state index >= 15 is 0 Å². The Morgan fingerprint density at radius 2 is 1.65 bits per heavy atom. The summed E-state index contributed by atoms with van der Waals surface area (Å²) in [4.78, 5) is 13.2. The highest BCUT2D eigenvalue weighted by molar-refractivity contribution is 6.04. The van der Waals surface area contributed by atoms with E-state index < -0.39 is 17.7 Å². The zero-order chi connectivity index (χ0) is 14.6. The predicted octanol–water partition coefficient (Wildman–Crippen LogP) is 3.80. The molecule has 0 unspecified atom stereocenters. The lowest BCUT2D eigenvalue weighted by atomic mass is 10.1. The molecule has 0 radical (unpaired) electrons. The van der Waals surface area contributed by atoms with Gasteiger partial charge in [-0.15, -0.1) is 0 Å². The van der Waals surface area contributed by atoms with Crippen LogP contribution in [-0.4, -0.2) is 29.9 Å². The van der Waals surface area contributed by atoms with Crippen molar-refractivity contribution in [3.05, 3.63) is 47.7 Å². The van der Waals surface area contributed by atoms with E-state index in [1.54, 1.807) is 18.2 Å². The number of nitrogens with zero attached hydrogens (tertiary/aromatic N) is 1. The molecule has 0 aliphatic carbocycles. The highest BCUT2D eigenvalue weighted by atomic mass is 19.4. The predicted molar refractivity (Wildman–Crippen MR) is 70.3 cm³/mol. The van der Waals surface area contributed by atoms with E-state index in [-0.39, 0.29) is 5.56 Å². The molecular weight excluding hydrogens is 267 g/mol. The molecule has 2 rings (SSSR count). The molecule has 1 saturated heterocycles. The van der Waals surface area contributed by atoms with E-state index in [1.165, 1.54) is 17.0 Å². The number of allylic oxidation sites excluding steroid dienone is 2. The Morgan fingerprint density at radius 1 is 1.05 bits per heavy atom. The van der Waals surface area contributed by atoms with Gasteiger partial charge < -0.3 is 4.90 Å². The Hall–Kier alpha value is -1.78. The fourth-order valence-corrected chi connectivity index (χ4v) is 2.30. The zero-order valence-corrected chi connectivity index (χ0v) is 11.0. The molecule has 20 heavy (non-hydrogen) atoms. The summed E-state index contributed by atoms with van der Waals surface area (Å²) in [6.07, 6.45) is -1.38. The van der Waals surface area contributed by atoms with Crippen LogP contribution >= 0.6 is 0 Å². The molecule has 0 amide bonds. The Labute approximate surface area is 115 Å². The third kappa shape index (κ3) is 3.62. The van der Waals surface area contributed by atoms with Crippen LogP contribution in [0.25, 0.3) is 0 Å². The molecule has 1 aliphatic heterocycles. The molecule has 1 aromatic carbocycles. The number of likely N-dealkylation sites (tertiary alicyclic amines) is 1. The minimum absolute atomic E-state index is 0.270. The maximum Gasteiger partial charge on any atom is 0.431 e. The summed E-state index contributed by atoms with van der Waals surface area (Å²) in [6.45, 7) is 0.709. The van der Waals surface area contributed by atoms with Gasteiger partial charge in [0.1, 0.15) is 5.70 Å². The highest BCUT2D eigenvalue weighted by Gasteiger charge is 2.38. The first-order chi connectivity index (χ1) is 9.48. The summed E-state index contributed by atoms with van der Waals surface area (Å²) >= 11 is 0. The molecular formula is C15H16F3NO. The van der Waals surface area contributed by atoms with Crippen LogP contribution in [0, 0.1) is 0 Å². The molecule has 5 heteroatoms. The highest BCUT2D eigenvalue weighted by Crippen LogP contribution is 2.31. The van der Waals surface area contributed by atoms with E-state index in [0.717, 1.165) is 25.3 Å². The number of rotatable bonds is 3. The van der Waals surface area contributed by atoms with Crippen LogP contribution in [0.5, 0.6) is 0 Å². The maximum absolute atomic E-state index is 13.1. The van der Waals surface area contributed by atoms with Crippen molar-refractivity contribution in [1.29, 1.82) is 0 Å². The molecule has 0 atom stereocenters. The topological polar surface area (TPSA) is 20.3 Å². The van der Waals surface area contributed by atoms with Crippen LogP contribution in [0.2, 0.25) is 0 Å². The van der Waals surface area contributed by atoms with Gasteiger partial charge in [0.15, 0.2) is 5.78 Å². The van der Waals surface area contributed by atoms with Gasteiger partial charge in [-0.25, -0.2) is 0 Å². The summed E-state index contributed by atoms with van der Waals surface area (Å²) in [7, 11) is 0. The van der Waals surface area contributed by atoms with Gasteiger partial charge in [-0.2, -0.15) is 13.2 Å². The molecule has 0 N–H and O–H groups in total. The molecule has 0 saturated carbocycles. The summed E-state index contributed by atoms with van der Waals surface area (Å²) in [5.74, 6) is -0.608. The lowest BCUT2D eigenvalue weighted by molar-refractivity contribution is -0.112. The zero-order valence-electron chi connectivity index (χ0n) is 11.0. The van der Waals surface area contributed by atoms with Crippen LogP contribution in [-0.2, 0) is 0 Å². The minimum Gasteiger partial charge on any atom is -0.367 e. The van der Waals surface area contributed by atoms with E-state index in [2.05, 4.69) is 0 Å². The van der Waals surface area contributed by atoms with Gasteiger partial charge in [-0.05, 0) is 19.3 Å². The number of ketones is 1. The summed E-state index contributed by atoms with van der Waals surface area (Å²) in [5.41, 5.74) is -0.558. The number of hydrogen-bond acceptors (Lipinski definition) is 2. The molecule has 1 aromatic rings. The van der Waals surface area contributed by atoms with Gasteiger partial charge in [0, 0.05) is 24.7 Å². The number of benzene rings is 1. The second kappa shape index (κ2) is 6.11. The first-order valence-electron chi connectivity index (χ1n) is 6.62. The Kier molecular flexibility index (Phi) is 4.47. The second-order valence-electron chi connectivity index (χ2n) is 4.81. The van der Waals surface area contributed by atoms with Crippen molar-refractivity contribution < 1.29 is 18.0 Å². The van der Waals surface area contributed by atoms with Crippen LogP contribution in [0.3, 0.4) is 0 Å². The lowest BCUT2D eigenvalue weighted by Crippen LogP contribution is -2.36. The molecule has 0 bridgehead atoms. The number of alkyl halides is 3. The number of carbonyl (C=O) groups is 1. The normalized spacial score (nSPS) is 17.1. The van der Waals surface area contributed by atoms with Gasteiger partial charge in [0.2, 0.25) is 0 Å². The second-order valence-corrected chi connectivity index (χ2v) is 4.81. The molecule has 2 nitrogen and oxygen atoms in total. The van der Waals surface area contributed by atoms with Crippen LogP contribution in [0.4, 0.5) is 13.2 Å². The van der Waals surface area contributed by atoms with E-state index in [9.17, 15) is 18.0 Å². The van der Waals surface area contributed by atoms with Gasteiger partial charge >= 0.3 is 6.18 Å². The molecule has 108 valence electrons. The van der Waals surface area contributed by atoms with Crippen LogP contribution in [0.15, 0.2) is 42.1 Å². The van der Waals surface area contributed by atoms with Gasteiger partial charge in [0.25, 0.3) is 0 Å². The SMILES string of the molecule is O=C(/C=C(\N1CCCCC1)C(F)(F)F)c1ccccc1. The van der Waals surface area contributed by atoms with Crippen molar-refractivity contribution in [2.45, 2.75) is 25.4 Å². The van der Waals surface area contributed by atoms with Gasteiger partial charge in [-0.3, -0.25) is 4.79 Å². The Bertz CT molecular complexity index is 488. The average molecular weight is 283 g/mol. The molecule has 1 heterocycles. The van der Waals surface area contributed by atoms with Gasteiger partial charge in [-0.1, -0.05) is 30.3 Å². The van der Waals surface area contributed by atoms with Crippen molar-refractivity contribution in [2.24, 2.45) is 0 Å². The first kappa shape index (κ1) is 14.6. The van der Waals surface area contributed by atoms with Crippen LogP contribution in [0.1, 0.15) is 29.6 Å². The molecule has 1 fully saturated rings. The largest absolute Gasteiger partial charge is 0.431 e. The average Bonchev–Trinajstić information content (AvgIpc) is 2.45. The summed E-state index contributed by atoms with van der Waals surface area (Å²) < 4.78 is 39.4. The monoisotopic (exact) mass is 283 g/mol. The Morgan fingerprint density at radius 3 is 2.20 bits per heavy atom. The summed E-state index contributed by atoms with van der Waals surface area (Å²) in [6, 6.07) is 8.02. The molecule has 0 aromatic heterocycles. The number of hydrogen-bond donors (Lipinski definition) is 0. The van der Waals surface area contributed by atoms with E-state index in [4.69, 9.17) is 0 Å². The first-order valence-corrected chi connectivity index (χ1v) is 6.62. The fourth-order valence-electron chi connectivity index (χ4n) is 2.30. The lowest BCUT2D eigenvalue weighted by Gasteiger charge is -2.31. The molecule has 0 spiro atoms. The smallest absolute Gasteiger partial charge is 0.367 e. The fraction of sp³-hybridized carbons (Fsp3) is 0.400. The van der Waals surface area contributed by atoms with Gasteiger partial charge in [0.05, 0.1) is 0 Å². The molecule has 1 aliphatic rings. The van der Waals surface area contributed by atoms with E-state index in [1.807, 2.05) is 0 Å². The maximum atomic E-state index is 13.1. The van der Waals surface area contributed by atoms with Crippen molar-refractivity contribution in [1.82, 2.24) is 4.90 Å². The minimum atomic E-state index is -4.50. The van der Waals surface area contributed by atoms with E-state index in [0.29, 0.717) is 13.1 Å². The Balaban J connectivity index is 2.26. The third-order valence-corrected chi connectivity index (χ3v) is 3.31. The van der Waals surface area contributed by atoms with Crippen LogP contribution < -0.4 is 0 Å². The standard InChI is InChI=1S/C15H16F3NO/c16-15(17,18)14(19-9-5-2-6-10-19)11-13(20)12-7-3-1-4-8-12/h1,3-4,7-8,11H,2,5-6,9-10H2/b14-11-. The summed E-state index contributed by atoms with van der Waals surface area (Å²) in [5, 5.41) is 0. The van der Waals surface area contributed by atoms with Crippen molar-refractivity contribution in [3.63, 3.8) is 0 Å². The van der Waals surface area contributed by atoms with Crippen molar-refractivity contribution >= 4 is 5.78 Å². The number of piperidine rings is 1. The van der Waals surface area contributed by atoms with Crippen molar-refractivity contribution in [3.8, 4) is 0 Å². The number of carbonyl (C=O) groups excluding carboxylic acids is 1. The third-order valence-electron chi connectivity index (χ3n) is 3.31.